The number of aromatic nitrogens is 2. The Morgan fingerprint density at radius 1 is 1.30 bits per heavy atom. The van der Waals surface area contributed by atoms with Crippen LogP contribution in [0.3, 0.4) is 0 Å². The van der Waals surface area contributed by atoms with E-state index in [1.54, 1.807) is 0 Å². The molecule has 1 saturated heterocycles. The molecule has 0 amide bonds. The number of anilines is 2. The van der Waals surface area contributed by atoms with Gasteiger partial charge in [-0.05, 0) is 13.8 Å². The standard InChI is InChI=1S/C15H26N4S/c1-9(2)13-17-14(16-6)10(3)15(18-13)19-7-8-20-12(5)11(19)4/h9,11-12H,7-8H2,1-6H3,(H,16,17,18). The van der Waals surface area contributed by atoms with E-state index in [0.29, 0.717) is 17.2 Å². The first-order valence-electron chi connectivity index (χ1n) is 7.40. The fraction of sp³-hybridized carbons (Fsp3) is 0.733. The molecule has 0 aliphatic carbocycles. The van der Waals surface area contributed by atoms with Crippen LogP contribution in [0, 0.1) is 6.92 Å². The van der Waals surface area contributed by atoms with Gasteiger partial charge in [-0.15, -0.1) is 0 Å². The van der Waals surface area contributed by atoms with Crippen LogP contribution in [0.2, 0.25) is 0 Å². The summed E-state index contributed by atoms with van der Waals surface area (Å²) in [7, 11) is 1.93. The molecule has 1 aliphatic rings. The summed E-state index contributed by atoms with van der Waals surface area (Å²) >= 11 is 2.05. The summed E-state index contributed by atoms with van der Waals surface area (Å²) in [5.41, 5.74) is 1.16. The van der Waals surface area contributed by atoms with Crippen molar-refractivity contribution in [2.45, 2.75) is 51.8 Å². The fourth-order valence-corrected chi connectivity index (χ4v) is 3.63. The number of nitrogens with one attached hydrogen (secondary N) is 1. The fourth-order valence-electron chi connectivity index (χ4n) is 2.53. The van der Waals surface area contributed by atoms with Gasteiger partial charge in [0.2, 0.25) is 0 Å². The second-order valence-electron chi connectivity index (χ2n) is 5.79. The summed E-state index contributed by atoms with van der Waals surface area (Å²) in [6, 6.07) is 0.507. The van der Waals surface area contributed by atoms with Crippen LogP contribution < -0.4 is 10.2 Å². The van der Waals surface area contributed by atoms with Crippen LogP contribution in [-0.4, -0.2) is 40.6 Å². The molecule has 1 aromatic rings. The molecule has 1 aromatic heterocycles. The van der Waals surface area contributed by atoms with Crippen molar-refractivity contribution in [3.8, 4) is 0 Å². The highest BCUT2D eigenvalue weighted by atomic mass is 32.2. The van der Waals surface area contributed by atoms with Crippen molar-refractivity contribution < 1.29 is 0 Å². The minimum Gasteiger partial charge on any atom is -0.373 e. The van der Waals surface area contributed by atoms with Crippen LogP contribution in [0.4, 0.5) is 11.6 Å². The van der Waals surface area contributed by atoms with Crippen LogP contribution in [0.5, 0.6) is 0 Å². The minimum absolute atomic E-state index is 0.341. The molecule has 20 heavy (non-hydrogen) atoms. The smallest absolute Gasteiger partial charge is 0.137 e. The van der Waals surface area contributed by atoms with Gasteiger partial charge in [0.05, 0.1) is 0 Å². The van der Waals surface area contributed by atoms with Gasteiger partial charge in [-0.2, -0.15) is 11.8 Å². The molecule has 5 heteroatoms. The Hall–Kier alpha value is -0.970. The van der Waals surface area contributed by atoms with Crippen LogP contribution in [0.25, 0.3) is 0 Å². The maximum absolute atomic E-state index is 4.85. The zero-order valence-electron chi connectivity index (χ0n) is 13.4. The second-order valence-corrected chi connectivity index (χ2v) is 7.28. The molecule has 4 nitrogen and oxygen atoms in total. The Morgan fingerprint density at radius 2 is 2.00 bits per heavy atom. The van der Waals surface area contributed by atoms with Gasteiger partial charge in [0.25, 0.3) is 0 Å². The predicted octanol–water partition coefficient (Wildman–Crippen LogP) is 3.28. The Balaban J connectivity index is 2.46. The van der Waals surface area contributed by atoms with E-state index < -0.39 is 0 Å². The third-order valence-corrected chi connectivity index (χ3v) is 5.38. The highest BCUT2D eigenvalue weighted by molar-refractivity contribution is 8.00. The molecular formula is C15H26N4S. The molecule has 1 N–H and O–H groups in total. The van der Waals surface area contributed by atoms with Gasteiger partial charge in [0.15, 0.2) is 0 Å². The van der Waals surface area contributed by atoms with E-state index in [9.17, 15) is 0 Å². The minimum atomic E-state index is 0.341. The quantitative estimate of drug-likeness (QED) is 0.926. The Bertz CT molecular complexity index is 475. The number of nitrogens with zero attached hydrogens (tertiary/aromatic N) is 3. The highest BCUT2D eigenvalue weighted by Gasteiger charge is 2.28. The lowest BCUT2D eigenvalue weighted by Gasteiger charge is -2.39. The molecule has 2 unspecified atom stereocenters. The summed E-state index contributed by atoms with van der Waals surface area (Å²) in [6.07, 6.45) is 0. The van der Waals surface area contributed by atoms with Crippen molar-refractivity contribution in [3.05, 3.63) is 11.4 Å². The van der Waals surface area contributed by atoms with Gasteiger partial charge < -0.3 is 10.2 Å². The van der Waals surface area contributed by atoms with E-state index in [1.165, 1.54) is 5.75 Å². The van der Waals surface area contributed by atoms with E-state index in [4.69, 9.17) is 4.98 Å². The molecule has 2 heterocycles. The topological polar surface area (TPSA) is 41.1 Å². The third kappa shape index (κ3) is 2.87. The summed E-state index contributed by atoms with van der Waals surface area (Å²) < 4.78 is 0. The zero-order chi connectivity index (χ0) is 14.9. The van der Waals surface area contributed by atoms with E-state index in [0.717, 1.165) is 29.6 Å². The molecular weight excluding hydrogens is 268 g/mol. The number of hydrogen-bond donors (Lipinski definition) is 1. The Kier molecular flexibility index (Phi) is 4.78. The maximum Gasteiger partial charge on any atom is 0.137 e. The van der Waals surface area contributed by atoms with E-state index in [1.807, 2.05) is 7.05 Å². The lowest BCUT2D eigenvalue weighted by Crippen LogP contribution is -2.45. The lowest BCUT2D eigenvalue weighted by molar-refractivity contribution is 0.613. The number of thioether (sulfide) groups is 1. The van der Waals surface area contributed by atoms with Gasteiger partial charge >= 0.3 is 0 Å². The van der Waals surface area contributed by atoms with E-state index in [-0.39, 0.29) is 0 Å². The highest BCUT2D eigenvalue weighted by Crippen LogP contribution is 2.32. The molecule has 1 fully saturated rings. The molecule has 0 aromatic carbocycles. The van der Waals surface area contributed by atoms with E-state index >= 15 is 0 Å². The van der Waals surface area contributed by atoms with Crippen LogP contribution >= 0.6 is 11.8 Å². The summed E-state index contributed by atoms with van der Waals surface area (Å²) in [4.78, 5) is 11.9. The van der Waals surface area contributed by atoms with Gasteiger partial charge in [0.1, 0.15) is 17.5 Å². The average Bonchev–Trinajstić information content (AvgIpc) is 2.42. The normalized spacial score (nSPS) is 23.2. The average molecular weight is 294 g/mol. The van der Waals surface area contributed by atoms with Gasteiger partial charge in [-0.1, -0.05) is 20.8 Å². The van der Waals surface area contributed by atoms with Crippen LogP contribution in [0.15, 0.2) is 0 Å². The first kappa shape index (κ1) is 15.4. The summed E-state index contributed by atoms with van der Waals surface area (Å²) in [6.45, 7) is 12.1. The number of hydrogen-bond acceptors (Lipinski definition) is 5. The largest absolute Gasteiger partial charge is 0.373 e. The third-order valence-electron chi connectivity index (χ3n) is 4.05. The van der Waals surface area contributed by atoms with E-state index in [2.05, 4.69) is 61.6 Å². The van der Waals surface area contributed by atoms with Crippen molar-refractivity contribution in [1.29, 1.82) is 0 Å². The van der Waals surface area contributed by atoms with Gasteiger partial charge in [-0.25, -0.2) is 9.97 Å². The first-order chi connectivity index (χ1) is 9.45. The Morgan fingerprint density at radius 3 is 2.60 bits per heavy atom. The van der Waals surface area contributed by atoms with Gasteiger partial charge in [0, 0.05) is 42.1 Å². The molecule has 0 bridgehead atoms. The zero-order valence-corrected chi connectivity index (χ0v) is 14.2. The van der Waals surface area contributed by atoms with Crippen molar-refractivity contribution in [3.63, 3.8) is 0 Å². The number of rotatable bonds is 3. The predicted molar refractivity (Wildman–Crippen MR) is 89.1 cm³/mol. The molecule has 0 saturated carbocycles. The summed E-state index contributed by atoms with van der Waals surface area (Å²) in [5.74, 6) is 4.49. The maximum atomic E-state index is 4.85. The van der Waals surface area contributed by atoms with Crippen LogP contribution in [-0.2, 0) is 0 Å². The second kappa shape index (κ2) is 6.20. The molecule has 2 atom stereocenters. The molecule has 2 rings (SSSR count). The summed E-state index contributed by atoms with van der Waals surface area (Å²) in [5, 5.41) is 3.85. The molecule has 0 radical (unpaired) electrons. The van der Waals surface area contributed by atoms with Crippen molar-refractivity contribution >= 4 is 23.4 Å². The van der Waals surface area contributed by atoms with Crippen molar-refractivity contribution in [2.24, 2.45) is 0 Å². The SMILES string of the molecule is CNc1nc(C(C)C)nc(N2CCSC(C)C2C)c1C. The molecule has 0 spiro atoms. The molecule has 112 valence electrons. The van der Waals surface area contributed by atoms with Crippen molar-refractivity contribution in [1.82, 2.24) is 9.97 Å². The van der Waals surface area contributed by atoms with Gasteiger partial charge in [-0.3, -0.25) is 0 Å². The van der Waals surface area contributed by atoms with Crippen LogP contribution in [0.1, 0.15) is 45.0 Å². The molecule has 1 aliphatic heterocycles. The first-order valence-corrected chi connectivity index (χ1v) is 8.45. The van der Waals surface area contributed by atoms with Crippen molar-refractivity contribution in [2.75, 3.05) is 29.6 Å². The Labute approximate surface area is 126 Å². The lowest BCUT2D eigenvalue weighted by atomic mass is 10.1. The monoisotopic (exact) mass is 294 g/mol.